The van der Waals surface area contributed by atoms with Crippen molar-refractivity contribution in [3.63, 3.8) is 0 Å². The highest BCUT2D eigenvalue weighted by Crippen LogP contribution is 2.19. The number of H-pyrrole nitrogens is 1. The molecule has 0 spiro atoms. The molecule has 0 fully saturated rings. The monoisotopic (exact) mass is 231 g/mol. The fourth-order valence-corrected chi connectivity index (χ4v) is 1.84. The summed E-state index contributed by atoms with van der Waals surface area (Å²) in [4.78, 5) is 15.2. The first-order valence-corrected chi connectivity index (χ1v) is 5.46. The third kappa shape index (κ3) is 2.00. The Hall–Kier alpha value is -1.90. The van der Waals surface area contributed by atoms with Crippen LogP contribution in [0.1, 0.15) is 32.9 Å². The maximum atomic E-state index is 13.1. The van der Waals surface area contributed by atoms with Crippen molar-refractivity contribution in [2.24, 2.45) is 0 Å². The molecular formula is C14H14FNO. The van der Waals surface area contributed by atoms with Crippen LogP contribution in [0.5, 0.6) is 0 Å². The predicted octanol–water partition coefficient (Wildman–Crippen LogP) is 3.31. The summed E-state index contributed by atoms with van der Waals surface area (Å²) in [6.07, 6.45) is 0. The molecule has 0 atom stereocenters. The lowest BCUT2D eigenvalue weighted by Crippen LogP contribution is -2.04. The van der Waals surface area contributed by atoms with Crippen LogP contribution < -0.4 is 0 Å². The van der Waals surface area contributed by atoms with Gasteiger partial charge in [-0.1, -0.05) is 12.1 Å². The van der Waals surface area contributed by atoms with Crippen molar-refractivity contribution < 1.29 is 9.18 Å². The van der Waals surface area contributed by atoms with Gasteiger partial charge in [0.25, 0.3) is 0 Å². The van der Waals surface area contributed by atoms with Crippen molar-refractivity contribution in [1.82, 2.24) is 4.98 Å². The number of aryl methyl sites for hydroxylation is 1. The number of nitrogens with one attached hydrogen (secondary N) is 1. The number of halogens is 1. The van der Waals surface area contributed by atoms with Gasteiger partial charge in [0.15, 0.2) is 0 Å². The summed E-state index contributed by atoms with van der Waals surface area (Å²) in [6, 6.07) is 5.75. The molecule has 1 aromatic heterocycles. The number of carbonyl (C=O) groups is 1. The van der Waals surface area contributed by atoms with Crippen LogP contribution in [-0.2, 0) is 0 Å². The van der Waals surface area contributed by atoms with Crippen molar-refractivity contribution in [2.45, 2.75) is 20.8 Å². The Bertz CT molecular complexity index is 584. The number of hydrogen-bond donors (Lipinski definition) is 1. The van der Waals surface area contributed by atoms with Gasteiger partial charge in [-0.2, -0.15) is 0 Å². The van der Waals surface area contributed by atoms with Gasteiger partial charge >= 0.3 is 0 Å². The van der Waals surface area contributed by atoms with E-state index in [1.54, 1.807) is 12.1 Å². The average Bonchev–Trinajstić information content (AvgIpc) is 2.56. The molecule has 0 unspecified atom stereocenters. The summed E-state index contributed by atoms with van der Waals surface area (Å²) >= 11 is 0. The van der Waals surface area contributed by atoms with E-state index >= 15 is 0 Å². The lowest BCUT2D eigenvalue weighted by atomic mass is 10.0. The molecular weight excluding hydrogens is 217 g/mol. The van der Waals surface area contributed by atoms with E-state index in [0.29, 0.717) is 11.3 Å². The summed E-state index contributed by atoms with van der Waals surface area (Å²) < 4.78 is 13.1. The normalized spacial score (nSPS) is 10.6. The Balaban J connectivity index is 2.47. The smallest absolute Gasteiger partial charge is 0.209 e. The second-order valence-electron chi connectivity index (χ2n) is 4.21. The summed E-state index contributed by atoms with van der Waals surface area (Å²) in [5, 5.41) is 0. The van der Waals surface area contributed by atoms with Crippen LogP contribution in [0.3, 0.4) is 0 Å². The molecule has 0 aliphatic heterocycles. The zero-order valence-corrected chi connectivity index (χ0v) is 10.1. The van der Waals surface area contributed by atoms with Crippen LogP contribution in [0, 0.1) is 26.6 Å². The first-order valence-electron chi connectivity index (χ1n) is 5.46. The van der Waals surface area contributed by atoms with Crippen molar-refractivity contribution >= 4 is 5.78 Å². The number of ketones is 1. The van der Waals surface area contributed by atoms with Gasteiger partial charge in [-0.15, -0.1) is 0 Å². The van der Waals surface area contributed by atoms with Gasteiger partial charge in [0, 0.05) is 11.3 Å². The minimum absolute atomic E-state index is 0.168. The maximum Gasteiger partial charge on any atom is 0.209 e. The highest BCUT2D eigenvalue weighted by molar-refractivity contribution is 6.08. The first kappa shape index (κ1) is 11.6. The van der Waals surface area contributed by atoms with Crippen LogP contribution in [0.4, 0.5) is 4.39 Å². The van der Waals surface area contributed by atoms with E-state index in [1.807, 2.05) is 20.8 Å². The molecule has 0 radical (unpaired) electrons. The van der Waals surface area contributed by atoms with Crippen molar-refractivity contribution in [2.75, 3.05) is 0 Å². The maximum absolute atomic E-state index is 13.1. The molecule has 2 nitrogen and oxygen atoms in total. The van der Waals surface area contributed by atoms with E-state index in [4.69, 9.17) is 0 Å². The number of aromatic amines is 1. The van der Waals surface area contributed by atoms with Crippen LogP contribution in [0.15, 0.2) is 24.3 Å². The van der Waals surface area contributed by atoms with E-state index in [1.165, 1.54) is 12.1 Å². The molecule has 0 aliphatic carbocycles. The third-order valence-corrected chi connectivity index (χ3v) is 3.13. The van der Waals surface area contributed by atoms with Gasteiger partial charge in [-0.3, -0.25) is 4.79 Å². The van der Waals surface area contributed by atoms with E-state index in [9.17, 15) is 9.18 Å². The van der Waals surface area contributed by atoms with Crippen molar-refractivity contribution in [3.8, 4) is 0 Å². The molecule has 3 heteroatoms. The van der Waals surface area contributed by atoms with Crippen LogP contribution in [-0.4, -0.2) is 10.8 Å². The minimum atomic E-state index is -0.395. The molecule has 1 N–H and O–H groups in total. The molecule has 88 valence electrons. The summed E-state index contributed by atoms with van der Waals surface area (Å²) in [6.45, 7) is 5.78. The molecule has 1 aromatic carbocycles. The lowest BCUT2D eigenvalue weighted by molar-refractivity contribution is 0.103. The second kappa shape index (κ2) is 4.17. The van der Waals surface area contributed by atoms with Gasteiger partial charge in [0.1, 0.15) is 5.82 Å². The minimum Gasteiger partial charge on any atom is -0.356 e. The quantitative estimate of drug-likeness (QED) is 0.790. The number of aromatic nitrogens is 1. The molecule has 0 bridgehead atoms. The van der Waals surface area contributed by atoms with Gasteiger partial charge in [0.05, 0.1) is 5.69 Å². The first-order chi connectivity index (χ1) is 8.00. The fraction of sp³-hybridized carbons (Fsp3) is 0.214. The Labute approximate surface area is 99.5 Å². The fourth-order valence-electron chi connectivity index (χ4n) is 1.84. The second-order valence-corrected chi connectivity index (χ2v) is 4.21. The lowest BCUT2D eigenvalue weighted by Gasteiger charge is -2.00. The summed E-state index contributed by atoms with van der Waals surface area (Å²) in [5.74, 6) is -0.563. The third-order valence-electron chi connectivity index (χ3n) is 3.13. The van der Waals surface area contributed by atoms with Gasteiger partial charge in [-0.05, 0) is 44.0 Å². The molecule has 0 amide bonds. The van der Waals surface area contributed by atoms with E-state index in [-0.39, 0.29) is 5.78 Å². The van der Waals surface area contributed by atoms with Gasteiger partial charge in [-0.25, -0.2) is 4.39 Å². The Morgan fingerprint density at radius 2 is 1.88 bits per heavy atom. The molecule has 17 heavy (non-hydrogen) atoms. The molecule has 0 saturated carbocycles. The van der Waals surface area contributed by atoms with Crippen molar-refractivity contribution in [3.05, 3.63) is 58.2 Å². The highest BCUT2D eigenvalue weighted by Gasteiger charge is 2.16. The zero-order chi connectivity index (χ0) is 12.6. The molecule has 2 aromatic rings. The standard InChI is InChI=1S/C14H14FNO/c1-8-9(2)13(16-10(8)3)14(17)11-5-4-6-12(15)7-11/h4-7,16H,1-3H3. The van der Waals surface area contributed by atoms with Gasteiger partial charge in [0.2, 0.25) is 5.78 Å². The van der Waals surface area contributed by atoms with E-state index < -0.39 is 5.82 Å². The largest absolute Gasteiger partial charge is 0.356 e. The van der Waals surface area contributed by atoms with Crippen LogP contribution in [0.2, 0.25) is 0 Å². The summed E-state index contributed by atoms with van der Waals surface area (Å²) in [7, 11) is 0. The van der Waals surface area contributed by atoms with Crippen LogP contribution in [0.25, 0.3) is 0 Å². The highest BCUT2D eigenvalue weighted by atomic mass is 19.1. The predicted molar refractivity (Wildman–Crippen MR) is 64.8 cm³/mol. The number of rotatable bonds is 2. The molecule has 1 heterocycles. The SMILES string of the molecule is Cc1[nH]c(C(=O)c2cccc(F)c2)c(C)c1C. The number of benzene rings is 1. The van der Waals surface area contributed by atoms with E-state index in [2.05, 4.69) is 4.98 Å². The Morgan fingerprint density at radius 3 is 2.41 bits per heavy atom. The molecule has 0 saturated heterocycles. The Morgan fingerprint density at radius 1 is 1.18 bits per heavy atom. The molecule has 2 rings (SSSR count). The Kier molecular flexibility index (Phi) is 2.84. The average molecular weight is 231 g/mol. The zero-order valence-electron chi connectivity index (χ0n) is 10.1. The van der Waals surface area contributed by atoms with Crippen LogP contribution >= 0.6 is 0 Å². The summed E-state index contributed by atoms with van der Waals surface area (Å²) in [5.41, 5.74) is 3.89. The topological polar surface area (TPSA) is 32.9 Å². The van der Waals surface area contributed by atoms with Crippen molar-refractivity contribution in [1.29, 1.82) is 0 Å². The van der Waals surface area contributed by atoms with E-state index in [0.717, 1.165) is 16.8 Å². The number of carbonyl (C=O) groups excluding carboxylic acids is 1. The van der Waals surface area contributed by atoms with Gasteiger partial charge < -0.3 is 4.98 Å². The molecule has 0 aliphatic rings. The number of hydrogen-bond acceptors (Lipinski definition) is 1.